The number of aromatic nitrogens is 9. The quantitative estimate of drug-likeness (QED) is 0.208. The standard InChI is InChI=1S/C25H25F2N11O2S/c26-25(27)37-10-5-20(35-37)19-14-31-23(12-21(19)29-6-1-9-36-11-8-28-16-36)33-22-4-7-30-24(34-22)17-13-32-38(15-17)41(39,40)18-2-3-18/h4-5,7-8,10-16,18,25H,1-3,6,9H2,(H2,29,30,31,33,34). The molecular weight excluding hydrogens is 556 g/mol. The predicted molar refractivity (Wildman–Crippen MR) is 146 cm³/mol. The Morgan fingerprint density at radius 3 is 2.71 bits per heavy atom. The van der Waals surface area contributed by atoms with Gasteiger partial charge in [-0.3, -0.25) is 0 Å². The smallest absolute Gasteiger partial charge is 0.333 e. The number of pyridine rings is 1. The van der Waals surface area contributed by atoms with Crippen LogP contribution in [0.1, 0.15) is 25.8 Å². The van der Waals surface area contributed by atoms with Gasteiger partial charge in [-0.1, -0.05) is 0 Å². The van der Waals surface area contributed by atoms with Crippen molar-refractivity contribution in [2.75, 3.05) is 17.2 Å². The van der Waals surface area contributed by atoms with E-state index in [1.165, 1.54) is 30.9 Å². The van der Waals surface area contributed by atoms with E-state index in [1.807, 2.05) is 10.8 Å². The summed E-state index contributed by atoms with van der Waals surface area (Å²) in [4.78, 5) is 17.2. The molecule has 16 heteroatoms. The number of rotatable bonds is 12. The zero-order valence-electron chi connectivity index (χ0n) is 21.5. The zero-order valence-corrected chi connectivity index (χ0v) is 22.4. The van der Waals surface area contributed by atoms with Crippen LogP contribution in [0.5, 0.6) is 0 Å². The fourth-order valence-corrected chi connectivity index (χ4v) is 5.62. The zero-order chi connectivity index (χ0) is 28.4. The summed E-state index contributed by atoms with van der Waals surface area (Å²) in [5.41, 5.74) is 2.01. The Hall–Kier alpha value is -4.73. The van der Waals surface area contributed by atoms with Gasteiger partial charge in [0.05, 0.1) is 35.2 Å². The normalized spacial score (nSPS) is 13.5. The van der Waals surface area contributed by atoms with Crippen LogP contribution in [0, 0.1) is 0 Å². The van der Waals surface area contributed by atoms with E-state index >= 15 is 0 Å². The van der Waals surface area contributed by atoms with E-state index in [4.69, 9.17) is 0 Å². The van der Waals surface area contributed by atoms with Crippen LogP contribution in [0.4, 0.5) is 26.1 Å². The van der Waals surface area contributed by atoms with Crippen molar-refractivity contribution >= 4 is 27.3 Å². The maximum Gasteiger partial charge on any atom is 0.333 e. The van der Waals surface area contributed by atoms with Crippen molar-refractivity contribution < 1.29 is 17.2 Å². The van der Waals surface area contributed by atoms with E-state index in [0.717, 1.165) is 17.1 Å². The molecule has 1 aliphatic carbocycles. The van der Waals surface area contributed by atoms with Gasteiger partial charge in [-0.25, -0.2) is 33.0 Å². The maximum absolute atomic E-state index is 13.1. The van der Waals surface area contributed by atoms with E-state index < -0.39 is 21.8 Å². The van der Waals surface area contributed by atoms with Crippen molar-refractivity contribution in [2.45, 2.75) is 37.6 Å². The molecule has 13 nitrogen and oxygen atoms in total. The van der Waals surface area contributed by atoms with Crippen LogP contribution < -0.4 is 10.6 Å². The second-order valence-corrected chi connectivity index (χ2v) is 11.5. The molecule has 5 aromatic heterocycles. The van der Waals surface area contributed by atoms with Gasteiger partial charge in [-0.2, -0.15) is 23.1 Å². The first kappa shape index (κ1) is 26.5. The maximum atomic E-state index is 13.1. The van der Waals surface area contributed by atoms with Gasteiger partial charge in [0, 0.05) is 61.4 Å². The highest BCUT2D eigenvalue weighted by atomic mass is 32.2. The molecule has 0 aromatic carbocycles. The summed E-state index contributed by atoms with van der Waals surface area (Å²) in [6.45, 7) is -1.41. The molecule has 0 bridgehead atoms. The monoisotopic (exact) mass is 581 g/mol. The van der Waals surface area contributed by atoms with E-state index in [0.29, 0.717) is 64.0 Å². The summed E-state index contributed by atoms with van der Waals surface area (Å²) in [5.74, 6) is 1.15. The first-order valence-electron chi connectivity index (χ1n) is 12.8. The molecule has 0 atom stereocenters. The highest BCUT2D eigenvalue weighted by Gasteiger charge is 2.37. The Kier molecular flexibility index (Phi) is 7.13. The molecule has 5 aromatic rings. The molecular formula is C25H25F2N11O2S. The van der Waals surface area contributed by atoms with Crippen LogP contribution in [-0.4, -0.2) is 63.7 Å². The molecule has 1 saturated carbocycles. The van der Waals surface area contributed by atoms with E-state index in [-0.39, 0.29) is 0 Å². The SMILES string of the molecule is O=S(=O)(C1CC1)n1cc(-c2nccc(Nc3cc(NCCCn4ccnc4)c(-c4ccn(C(F)F)n4)cn3)n2)cn1. The lowest BCUT2D eigenvalue weighted by Crippen LogP contribution is -2.17. The van der Waals surface area contributed by atoms with Gasteiger partial charge < -0.3 is 15.2 Å². The number of imidazole rings is 1. The predicted octanol–water partition coefficient (Wildman–Crippen LogP) is 3.78. The van der Waals surface area contributed by atoms with Gasteiger partial charge >= 0.3 is 6.55 Å². The van der Waals surface area contributed by atoms with Crippen LogP contribution in [0.25, 0.3) is 22.6 Å². The molecule has 0 aliphatic heterocycles. The minimum absolute atomic E-state index is 0.291. The van der Waals surface area contributed by atoms with Crippen molar-refractivity contribution in [1.82, 2.24) is 43.5 Å². The van der Waals surface area contributed by atoms with E-state index in [9.17, 15) is 17.2 Å². The topological polar surface area (TPSA) is 150 Å². The second-order valence-electron chi connectivity index (χ2n) is 9.39. The summed E-state index contributed by atoms with van der Waals surface area (Å²) in [7, 11) is -3.50. The van der Waals surface area contributed by atoms with E-state index in [1.54, 1.807) is 30.9 Å². The van der Waals surface area contributed by atoms with Crippen LogP contribution in [0.3, 0.4) is 0 Å². The number of hydrogen-bond acceptors (Lipinski definition) is 10. The lowest BCUT2D eigenvalue weighted by molar-refractivity contribution is 0.0568. The number of nitrogens with zero attached hydrogens (tertiary/aromatic N) is 9. The third-order valence-electron chi connectivity index (χ3n) is 6.39. The number of aryl methyl sites for hydroxylation is 1. The number of hydrogen-bond donors (Lipinski definition) is 2. The second kappa shape index (κ2) is 11.0. The highest BCUT2D eigenvalue weighted by molar-refractivity contribution is 7.90. The molecule has 0 radical (unpaired) electrons. The van der Waals surface area contributed by atoms with Gasteiger partial charge in [0.2, 0.25) is 0 Å². The van der Waals surface area contributed by atoms with Crippen molar-refractivity contribution in [1.29, 1.82) is 0 Å². The lowest BCUT2D eigenvalue weighted by atomic mass is 10.1. The van der Waals surface area contributed by atoms with Crippen LogP contribution in [-0.2, 0) is 16.6 Å². The fourth-order valence-electron chi connectivity index (χ4n) is 4.14. The summed E-state index contributed by atoms with van der Waals surface area (Å²) in [5, 5.41) is 14.1. The molecule has 6 rings (SSSR count). The molecule has 212 valence electrons. The van der Waals surface area contributed by atoms with Crippen LogP contribution in [0.2, 0.25) is 0 Å². The molecule has 41 heavy (non-hydrogen) atoms. The van der Waals surface area contributed by atoms with Gasteiger partial charge in [0.15, 0.2) is 5.82 Å². The Labute approximate surface area is 233 Å². The summed E-state index contributed by atoms with van der Waals surface area (Å²) < 4.78 is 54.8. The minimum atomic E-state index is -3.50. The first-order chi connectivity index (χ1) is 19.9. The molecule has 0 saturated heterocycles. The third kappa shape index (κ3) is 5.91. The number of anilines is 3. The van der Waals surface area contributed by atoms with Gasteiger partial charge in [-0.15, -0.1) is 0 Å². The van der Waals surface area contributed by atoms with Crippen molar-refractivity contribution in [3.8, 4) is 22.6 Å². The Morgan fingerprint density at radius 2 is 1.95 bits per heavy atom. The molecule has 0 amide bonds. The molecule has 0 unspecified atom stereocenters. The first-order valence-corrected chi connectivity index (χ1v) is 14.3. The van der Waals surface area contributed by atoms with Gasteiger partial charge in [0.1, 0.15) is 11.6 Å². The van der Waals surface area contributed by atoms with Crippen molar-refractivity contribution in [3.05, 3.63) is 67.9 Å². The average Bonchev–Trinajstić information content (AvgIpc) is 3.35. The summed E-state index contributed by atoms with van der Waals surface area (Å²) in [6.07, 6.45) is 14.5. The van der Waals surface area contributed by atoms with Gasteiger partial charge in [-0.05, 0) is 31.4 Å². The summed E-state index contributed by atoms with van der Waals surface area (Å²) >= 11 is 0. The fraction of sp³-hybridized carbons (Fsp3) is 0.280. The largest absolute Gasteiger partial charge is 0.384 e. The summed E-state index contributed by atoms with van der Waals surface area (Å²) in [6, 6.07) is 4.90. The Balaban J connectivity index is 1.22. The molecule has 0 spiro atoms. The Morgan fingerprint density at radius 1 is 1.07 bits per heavy atom. The minimum Gasteiger partial charge on any atom is -0.384 e. The van der Waals surface area contributed by atoms with Crippen molar-refractivity contribution in [3.63, 3.8) is 0 Å². The molecule has 1 aliphatic rings. The number of halogens is 2. The molecule has 2 N–H and O–H groups in total. The number of nitrogens with one attached hydrogen (secondary N) is 2. The van der Waals surface area contributed by atoms with Gasteiger partial charge in [0.25, 0.3) is 10.0 Å². The molecule has 1 fully saturated rings. The van der Waals surface area contributed by atoms with E-state index in [2.05, 4.69) is 40.8 Å². The third-order valence-corrected chi connectivity index (χ3v) is 8.43. The average molecular weight is 582 g/mol. The number of alkyl halides is 2. The van der Waals surface area contributed by atoms with Crippen molar-refractivity contribution in [2.24, 2.45) is 0 Å². The highest BCUT2D eigenvalue weighted by Crippen LogP contribution is 2.31. The van der Waals surface area contributed by atoms with Crippen LogP contribution >= 0.6 is 0 Å². The lowest BCUT2D eigenvalue weighted by Gasteiger charge is -2.13. The molecule has 5 heterocycles. The Bertz CT molecular complexity index is 1750. The van der Waals surface area contributed by atoms with Crippen LogP contribution in [0.15, 0.2) is 67.9 Å².